The van der Waals surface area contributed by atoms with Crippen LogP contribution >= 0.6 is 0 Å². The van der Waals surface area contributed by atoms with Crippen molar-refractivity contribution >= 4 is 11.6 Å². The molecule has 0 atom stereocenters. The van der Waals surface area contributed by atoms with E-state index in [0.717, 1.165) is 24.2 Å². The highest BCUT2D eigenvalue weighted by Crippen LogP contribution is 2.20. The number of fused-ring (bicyclic) bond motifs is 1. The summed E-state index contributed by atoms with van der Waals surface area (Å²) in [7, 11) is 3.99. The molecule has 2 heterocycles. The highest BCUT2D eigenvalue weighted by Gasteiger charge is 2.22. The first-order valence-corrected chi connectivity index (χ1v) is 6.87. The van der Waals surface area contributed by atoms with Crippen LogP contribution in [0.2, 0.25) is 0 Å². The van der Waals surface area contributed by atoms with E-state index < -0.39 is 0 Å². The predicted molar refractivity (Wildman–Crippen MR) is 80.0 cm³/mol. The third kappa shape index (κ3) is 2.29. The zero-order chi connectivity index (χ0) is 14.1. The van der Waals surface area contributed by atoms with Crippen LogP contribution in [-0.4, -0.2) is 36.4 Å². The zero-order valence-electron chi connectivity index (χ0n) is 11.9. The summed E-state index contributed by atoms with van der Waals surface area (Å²) in [6.45, 7) is 1.48. The molecule has 1 N–H and O–H groups in total. The quantitative estimate of drug-likeness (QED) is 0.908. The molecule has 1 aliphatic rings. The molecule has 1 aromatic heterocycles. The van der Waals surface area contributed by atoms with Gasteiger partial charge in [0.15, 0.2) is 0 Å². The highest BCUT2D eigenvalue weighted by atomic mass is 16.2. The third-order valence-electron chi connectivity index (χ3n) is 3.84. The summed E-state index contributed by atoms with van der Waals surface area (Å²) in [5, 5.41) is 0. The summed E-state index contributed by atoms with van der Waals surface area (Å²) in [6, 6.07) is 9.84. The van der Waals surface area contributed by atoms with Crippen molar-refractivity contribution in [2.45, 2.75) is 13.0 Å². The van der Waals surface area contributed by atoms with Crippen LogP contribution in [0.15, 0.2) is 36.5 Å². The average Bonchev–Trinajstić information content (AvgIpc) is 2.94. The van der Waals surface area contributed by atoms with Gasteiger partial charge < -0.3 is 14.8 Å². The SMILES string of the molecule is CN(C)c1ccc(C(=O)N2CCc3[nH]ccc3C2)cc1. The maximum Gasteiger partial charge on any atom is 0.254 e. The second-order valence-electron chi connectivity index (χ2n) is 5.40. The van der Waals surface area contributed by atoms with Crippen LogP contribution in [0.25, 0.3) is 0 Å². The monoisotopic (exact) mass is 269 g/mol. The van der Waals surface area contributed by atoms with E-state index in [2.05, 4.69) is 11.1 Å². The molecule has 1 amide bonds. The maximum atomic E-state index is 12.5. The second kappa shape index (κ2) is 5.04. The Morgan fingerprint density at radius 3 is 2.65 bits per heavy atom. The number of hydrogen-bond acceptors (Lipinski definition) is 2. The van der Waals surface area contributed by atoms with Crippen LogP contribution < -0.4 is 4.90 Å². The lowest BCUT2D eigenvalue weighted by Gasteiger charge is -2.27. The van der Waals surface area contributed by atoms with Gasteiger partial charge in [0, 0.05) is 56.7 Å². The first-order valence-electron chi connectivity index (χ1n) is 6.87. The van der Waals surface area contributed by atoms with Crippen molar-refractivity contribution in [3.8, 4) is 0 Å². The molecule has 0 bridgehead atoms. The number of aromatic amines is 1. The molecular weight excluding hydrogens is 250 g/mol. The fourth-order valence-electron chi connectivity index (χ4n) is 2.61. The fourth-order valence-corrected chi connectivity index (χ4v) is 2.61. The number of rotatable bonds is 2. The van der Waals surface area contributed by atoms with Crippen LogP contribution in [0.1, 0.15) is 21.6 Å². The predicted octanol–water partition coefficient (Wildman–Crippen LogP) is 2.28. The van der Waals surface area contributed by atoms with Crippen LogP contribution in [0.3, 0.4) is 0 Å². The number of carbonyl (C=O) groups is 1. The smallest absolute Gasteiger partial charge is 0.254 e. The first-order chi connectivity index (χ1) is 9.65. The summed E-state index contributed by atoms with van der Waals surface area (Å²) >= 11 is 0. The van der Waals surface area contributed by atoms with Crippen molar-refractivity contribution in [1.82, 2.24) is 9.88 Å². The van der Waals surface area contributed by atoms with Gasteiger partial charge in [-0.2, -0.15) is 0 Å². The Bertz CT molecular complexity index is 613. The van der Waals surface area contributed by atoms with E-state index in [1.54, 1.807) is 0 Å². The minimum atomic E-state index is 0.113. The van der Waals surface area contributed by atoms with E-state index in [-0.39, 0.29) is 5.91 Å². The van der Waals surface area contributed by atoms with Crippen molar-refractivity contribution in [2.24, 2.45) is 0 Å². The maximum absolute atomic E-state index is 12.5. The van der Waals surface area contributed by atoms with Crippen molar-refractivity contribution in [3.05, 3.63) is 53.3 Å². The fraction of sp³-hybridized carbons (Fsp3) is 0.312. The lowest BCUT2D eigenvalue weighted by atomic mass is 10.1. The van der Waals surface area contributed by atoms with E-state index in [0.29, 0.717) is 6.54 Å². The van der Waals surface area contributed by atoms with Gasteiger partial charge in [0.25, 0.3) is 5.91 Å². The van der Waals surface area contributed by atoms with Gasteiger partial charge in [-0.1, -0.05) is 0 Å². The van der Waals surface area contributed by atoms with Crippen molar-refractivity contribution in [3.63, 3.8) is 0 Å². The minimum absolute atomic E-state index is 0.113. The van der Waals surface area contributed by atoms with Crippen LogP contribution in [0.4, 0.5) is 5.69 Å². The molecule has 0 saturated heterocycles. The number of hydrogen-bond donors (Lipinski definition) is 1. The molecule has 4 heteroatoms. The van der Waals surface area contributed by atoms with Gasteiger partial charge in [-0.05, 0) is 35.9 Å². The molecule has 0 saturated carbocycles. The Morgan fingerprint density at radius 1 is 1.20 bits per heavy atom. The zero-order valence-corrected chi connectivity index (χ0v) is 11.9. The van der Waals surface area contributed by atoms with Gasteiger partial charge in [0.1, 0.15) is 0 Å². The Balaban J connectivity index is 1.76. The second-order valence-corrected chi connectivity index (χ2v) is 5.40. The molecule has 4 nitrogen and oxygen atoms in total. The molecule has 1 aliphatic heterocycles. The van der Waals surface area contributed by atoms with E-state index in [1.807, 2.05) is 54.4 Å². The van der Waals surface area contributed by atoms with Gasteiger partial charge in [0.05, 0.1) is 0 Å². The number of aromatic nitrogens is 1. The first kappa shape index (κ1) is 12.8. The summed E-state index contributed by atoms with van der Waals surface area (Å²) in [5.41, 5.74) is 4.36. The molecule has 1 aromatic carbocycles. The summed E-state index contributed by atoms with van der Waals surface area (Å²) < 4.78 is 0. The molecule has 0 fully saturated rings. The summed E-state index contributed by atoms with van der Waals surface area (Å²) in [5.74, 6) is 0.113. The lowest BCUT2D eigenvalue weighted by molar-refractivity contribution is 0.0734. The number of carbonyl (C=O) groups excluding carboxylic acids is 1. The van der Waals surface area contributed by atoms with Gasteiger partial charge in [0.2, 0.25) is 0 Å². The largest absolute Gasteiger partial charge is 0.378 e. The lowest BCUT2D eigenvalue weighted by Crippen LogP contribution is -2.35. The highest BCUT2D eigenvalue weighted by molar-refractivity contribution is 5.94. The molecule has 2 aromatic rings. The van der Waals surface area contributed by atoms with Gasteiger partial charge in [-0.25, -0.2) is 0 Å². The van der Waals surface area contributed by atoms with E-state index in [1.165, 1.54) is 11.3 Å². The van der Waals surface area contributed by atoms with Gasteiger partial charge in [-0.3, -0.25) is 4.79 Å². The number of nitrogens with one attached hydrogen (secondary N) is 1. The normalized spacial score (nSPS) is 14.0. The van der Waals surface area contributed by atoms with Crippen LogP contribution in [0.5, 0.6) is 0 Å². The van der Waals surface area contributed by atoms with Crippen LogP contribution in [0, 0.1) is 0 Å². The molecular formula is C16H19N3O. The van der Waals surface area contributed by atoms with Crippen LogP contribution in [-0.2, 0) is 13.0 Å². The molecule has 20 heavy (non-hydrogen) atoms. The third-order valence-corrected chi connectivity index (χ3v) is 3.84. The molecule has 3 rings (SSSR count). The van der Waals surface area contributed by atoms with Crippen molar-refractivity contribution in [1.29, 1.82) is 0 Å². The van der Waals surface area contributed by atoms with E-state index in [4.69, 9.17) is 0 Å². The van der Waals surface area contributed by atoms with Crippen molar-refractivity contribution < 1.29 is 4.79 Å². The number of nitrogens with zero attached hydrogens (tertiary/aromatic N) is 2. The number of H-pyrrole nitrogens is 1. The topological polar surface area (TPSA) is 39.3 Å². The number of benzene rings is 1. The Morgan fingerprint density at radius 2 is 1.95 bits per heavy atom. The number of anilines is 1. The average molecular weight is 269 g/mol. The van der Waals surface area contributed by atoms with Crippen molar-refractivity contribution in [2.75, 3.05) is 25.5 Å². The molecule has 0 spiro atoms. The molecule has 104 valence electrons. The molecule has 0 aliphatic carbocycles. The Labute approximate surface area is 119 Å². The Kier molecular flexibility index (Phi) is 3.22. The standard InChI is InChI=1S/C16H19N3O/c1-18(2)14-5-3-12(4-6-14)16(20)19-10-8-15-13(11-19)7-9-17-15/h3-7,9,17H,8,10-11H2,1-2H3. The van der Waals surface area contributed by atoms with E-state index in [9.17, 15) is 4.79 Å². The van der Waals surface area contributed by atoms with E-state index >= 15 is 0 Å². The summed E-state index contributed by atoms with van der Waals surface area (Å²) in [6.07, 6.45) is 2.86. The minimum Gasteiger partial charge on any atom is -0.378 e. The van der Waals surface area contributed by atoms with Gasteiger partial charge in [-0.15, -0.1) is 0 Å². The van der Waals surface area contributed by atoms with Gasteiger partial charge >= 0.3 is 0 Å². The Hall–Kier alpha value is -2.23. The molecule has 0 unspecified atom stereocenters. The number of amides is 1. The summed E-state index contributed by atoms with van der Waals surface area (Å²) in [4.78, 5) is 19.7. The molecule has 0 radical (unpaired) electrons.